The Labute approximate surface area is 138 Å². The molecule has 0 saturated heterocycles. The zero-order valence-corrected chi connectivity index (χ0v) is 13.2. The number of anilines is 1. The number of nitriles is 1. The maximum absolute atomic E-state index is 12.6. The molecule has 22 heavy (non-hydrogen) atoms. The minimum atomic E-state index is -0.502. The lowest BCUT2D eigenvalue weighted by molar-refractivity contribution is -0.118. The van der Waals surface area contributed by atoms with Gasteiger partial charge >= 0.3 is 0 Å². The summed E-state index contributed by atoms with van der Waals surface area (Å²) < 4.78 is 0. The van der Waals surface area contributed by atoms with E-state index in [-0.39, 0.29) is 5.91 Å². The summed E-state index contributed by atoms with van der Waals surface area (Å²) >= 11 is 7.33. The molecule has 2 aromatic rings. The highest BCUT2D eigenvalue weighted by Gasteiger charge is 2.52. The molecule has 0 radical (unpaired) electrons. The van der Waals surface area contributed by atoms with Crippen molar-refractivity contribution in [1.82, 2.24) is 0 Å². The number of benzene rings is 2. The number of nitrogens with zero attached hydrogens (tertiary/aromatic N) is 1. The molecule has 3 nitrogen and oxygen atoms in total. The van der Waals surface area contributed by atoms with E-state index in [1.165, 1.54) is 0 Å². The van der Waals surface area contributed by atoms with Crippen LogP contribution in [0.4, 0.5) is 5.69 Å². The molecule has 110 valence electrons. The number of thiocyanates is 1. The number of hydrogen-bond donors (Lipinski definition) is 1. The second kappa shape index (κ2) is 6.04. The van der Waals surface area contributed by atoms with Crippen LogP contribution in [0.2, 0.25) is 5.02 Å². The first-order valence-corrected chi connectivity index (χ1v) is 8.08. The molecule has 1 amide bonds. The quantitative estimate of drug-likeness (QED) is 0.660. The number of hydrogen-bond acceptors (Lipinski definition) is 3. The molecule has 0 bridgehead atoms. The molecule has 0 spiro atoms. The second-order valence-electron chi connectivity index (χ2n) is 5.23. The van der Waals surface area contributed by atoms with Crippen molar-refractivity contribution in [3.05, 3.63) is 59.1 Å². The number of halogens is 1. The third-order valence-electron chi connectivity index (χ3n) is 3.85. The normalized spacial score (nSPS) is 14.9. The SMILES string of the molecule is N#CSc1ccc(NC(=O)C2(c3ccccc3Cl)CC2)cc1. The molecule has 0 atom stereocenters. The maximum atomic E-state index is 12.6. The fourth-order valence-corrected chi connectivity index (χ4v) is 3.20. The molecule has 0 unspecified atom stereocenters. The molecule has 1 fully saturated rings. The minimum Gasteiger partial charge on any atom is -0.325 e. The number of amides is 1. The highest BCUT2D eigenvalue weighted by molar-refractivity contribution is 8.03. The Bertz CT molecular complexity index is 748. The summed E-state index contributed by atoms with van der Waals surface area (Å²) in [5.74, 6) is -0.0266. The molecule has 0 aromatic heterocycles. The van der Waals surface area contributed by atoms with E-state index in [0.29, 0.717) is 5.02 Å². The van der Waals surface area contributed by atoms with Gasteiger partial charge in [-0.05, 0) is 60.5 Å². The van der Waals surface area contributed by atoms with Crippen LogP contribution in [0, 0.1) is 10.7 Å². The fraction of sp³-hybridized carbons (Fsp3) is 0.176. The van der Waals surface area contributed by atoms with Crippen LogP contribution in [0.5, 0.6) is 0 Å². The van der Waals surface area contributed by atoms with E-state index in [0.717, 1.165) is 40.7 Å². The Morgan fingerprint density at radius 3 is 2.45 bits per heavy atom. The summed E-state index contributed by atoms with van der Waals surface area (Å²) in [6, 6.07) is 14.8. The lowest BCUT2D eigenvalue weighted by Crippen LogP contribution is -2.28. The molecule has 1 aliphatic rings. The first-order valence-electron chi connectivity index (χ1n) is 6.88. The van der Waals surface area contributed by atoms with Crippen LogP contribution >= 0.6 is 23.4 Å². The van der Waals surface area contributed by atoms with Gasteiger partial charge in [0.25, 0.3) is 0 Å². The molecular weight excluding hydrogens is 316 g/mol. The van der Waals surface area contributed by atoms with Crippen LogP contribution in [-0.4, -0.2) is 5.91 Å². The zero-order chi connectivity index (χ0) is 15.6. The van der Waals surface area contributed by atoms with Crippen LogP contribution in [0.3, 0.4) is 0 Å². The van der Waals surface area contributed by atoms with Crippen LogP contribution in [0.25, 0.3) is 0 Å². The van der Waals surface area contributed by atoms with E-state index in [9.17, 15) is 4.79 Å². The average Bonchev–Trinajstić information content (AvgIpc) is 3.32. The molecule has 0 aliphatic heterocycles. The molecule has 2 aromatic carbocycles. The monoisotopic (exact) mass is 328 g/mol. The zero-order valence-electron chi connectivity index (χ0n) is 11.7. The van der Waals surface area contributed by atoms with Crippen molar-refractivity contribution >= 4 is 35.0 Å². The predicted octanol–water partition coefficient (Wildman–Crippen LogP) is 4.58. The van der Waals surface area contributed by atoms with Gasteiger partial charge in [0.2, 0.25) is 5.91 Å². The Kier molecular flexibility index (Phi) is 4.10. The lowest BCUT2D eigenvalue weighted by atomic mass is 9.95. The first-order chi connectivity index (χ1) is 10.7. The van der Waals surface area contributed by atoms with Gasteiger partial charge in [-0.25, -0.2) is 0 Å². The Morgan fingerprint density at radius 2 is 1.86 bits per heavy atom. The van der Waals surface area contributed by atoms with Crippen LogP contribution in [-0.2, 0) is 10.2 Å². The second-order valence-corrected chi connectivity index (χ2v) is 6.50. The van der Waals surface area contributed by atoms with Crippen molar-refractivity contribution in [3.8, 4) is 5.40 Å². The van der Waals surface area contributed by atoms with Gasteiger partial charge in [0.15, 0.2) is 0 Å². The van der Waals surface area contributed by atoms with Crippen molar-refractivity contribution in [2.45, 2.75) is 23.2 Å². The highest BCUT2D eigenvalue weighted by Crippen LogP contribution is 2.51. The maximum Gasteiger partial charge on any atom is 0.235 e. The van der Waals surface area contributed by atoms with Crippen molar-refractivity contribution < 1.29 is 4.79 Å². The lowest BCUT2D eigenvalue weighted by Gasteiger charge is -2.17. The van der Waals surface area contributed by atoms with Crippen LogP contribution in [0.1, 0.15) is 18.4 Å². The van der Waals surface area contributed by atoms with Gasteiger partial charge in [0.1, 0.15) is 5.40 Å². The summed E-state index contributed by atoms with van der Waals surface area (Å²) in [6.45, 7) is 0. The Balaban J connectivity index is 1.77. The van der Waals surface area contributed by atoms with Gasteiger partial charge in [0.05, 0.1) is 5.41 Å². The highest BCUT2D eigenvalue weighted by atomic mass is 35.5. The molecule has 1 saturated carbocycles. The third kappa shape index (κ3) is 2.83. The standard InChI is InChI=1S/C17H13ClN2OS/c18-15-4-2-1-3-14(15)17(9-10-17)16(21)20-12-5-7-13(8-6-12)22-11-19/h1-8H,9-10H2,(H,20,21). The topological polar surface area (TPSA) is 52.9 Å². The van der Waals surface area contributed by atoms with Gasteiger partial charge in [-0.3, -0.25) is 4.79 Å². The first kappa shape index (κ1) is 15.0. The summed E-state index contributed by atoms with van der Waals surface area (Å²) in [6.07, 6.45) is 1.62. The van der Waals surface area contributed by atoms with Crippen LogP contribution in [0.15, 0.2) is 53.4 Å². The van der Waals surface area contributed by atoms with E-state index in [1.54, 1.807) is 12.1 Å². The molecule has 1 aliphatic carbocycles. The van der Waals surface area contributed by atoms with Crippen molar-refractivity contribution in [2.24, 2.45) is 0 Å². The summed E-state index contributed by atoms with van der Waals surface area (Å²) in [4.78, 5) is 13.5. The molecule has 3 rings (SSSR count). The number of carbonyl (C=O) groups excluding carboxylic acids is 1. The van der Waals surface area contributed by atoms with E-state index >= 15 is 0 Å². The van der Waals surface area contributed by atoms with E-state index in [4.69, 9.17) is 16.9 Å². The van der Waals surface area contributed by atoms with E-state index in [1.807, 2.05) is 41.8 Å². The number of rotatable bonds is 4. The van der Waals surface area contributed by atoms with Crippen molar-refractivity contribution in [2.75, 3.05) is 5.32 Å². The summed E-state index contributed by atoms with van der Waals surface area (Å²) in [5, 5.41) is 14.2. The van der Waals surface area contributed by atoms with Gasteiger partial charge in [0, 0.05) is 15.6 Å². The Morgan fingerprint density at radius 1 is 1.18 bits per heavy atom. The minimum absolute atomic E-state index is 0.0266. The third-order valence-corrected chi connectivity index (χ3v) is 4.78. The van der Waals surface area contributed by atoms with Gasteiger partial charge < -0.3 is 5.32 Å². The van der Waals surface area contributed by atoms with Crippen molar-refractivity contribution in [3.63, 3.8) is 0 Å². The number of carbonyl (C=O) groups is 1. The predicted molar refractivity (Wildman–Crippen MR) is 88.9 cm³/mol. The largest absolute Gasteiger partial charge is 0.325 e. The Hall–Kier alpha value is -1.96. The fourth-order valence-electron chi connectivity index (χ4n) is 2.50. The smallest absolute Gasteiger partial charge is 0.235 e. The number of nitrogens with one attached hydrogen (secondary N) is 1. The summed E-state index contributed by atoms with van der Waals surface area (Å²) in [5.41, 5.74) is 1.12. The molecule has 1 N–H and O–H groups in total. The van der Waals surface area contributed by atoms with E-state index < -0.39 is 5.41 Å². The van der Waals surface area contributed by atoms with Crippen molar-refractivity contribution in [1.29, 1.82) is 5.26 Å². The molecule has 0 heterocycles. The molecule has 5 heteroatoms. The average molecular weight is 329 g/mol. The van der Waals surface area contributed by atoms with Gasteiger partial charge in [-0.2, -0.15) is 5.26 Å². The number of thioether (sulfide) groups is 1. The van der Waals surface area contributed by atoms with E-state index in [2.05, 4.69) is 5.32 Å². The van der Waals surface area contributed by atoms with Gasteiger partial charge in [-0.1, -0.05) is 29.8 Å². The molecular formula is C17H13ClN2OS. The van der Waals surface area contributed by atoms with Gasteiger partial charge in [-0.15, -0.1) is 0 Å². The summed E-state index contributed by atoms with van der Waals surface area (Å²) in [7, 11) is 0. The van der Waals surface area contributed by atoms with Crippen LogP contribution < -0.4 is 5.32 Å².